The predicted molar refractivity (Wildman–Crippen MR) is 95.7 cm³/mol. The van der Waals surface area contributed by atoms with Gasteiger partial charge in [-0.25, -0.2) is 4.79 Å². The second kappa shape index (κ2) is 7.64. The molecule has 0 aliphatic carbocycles. The Morgan fingerprint density at radius 3 is 2.69 bits per heavy atom. The number of benzene rings is 1. The molecule has 1 aromatic heterocycles. The molecule has 26 heavy (non-hydrogen) atoms. The molecular formula is C20H23NO5. The van der Waals surface area contributed by atoms with E-state index >= 15 is 0 Å². The van der Waals surface area contributed by atoms with Crippen molar-refractivity contribution in [3.8, 4) is 5.75 Å². The Bertz CT molecular complexity index is 824. The van der Waals surface area contributed by atoms with Crippen LogP contribution in [-0.2, 0) is 19.4 Å². The summed E-state index contributed by atoms with van der Waals surface area (Å²) in [7, 11) is 0. The van der Waals surface area contributed by atoms with Gasteiger partial charge >= 0.3 is 5.97 Å². The molecule has 2 heterocycles. The van der Waals surface area contributed by atoms with Crippen molar-refractivity contribution in [2.75, 3.05) is 13.2 Å². The molecule has 6 nitrogen and oxygen atoms in total. The van der Waals surface area contributed by atoms with Crippen LogP contribution in [0.3, 0.4) is 0 Å². The van der Waals surface area contributed by atoms with Gasteiger partial charge in [-0.2, -0.15) is 0 Å². The predicted octanol–water partition coefficient (Wildman–Crippen LogP) is 3.53. The van der Waals surface area contributed by atoms with Gasteiger partial charge < -0.3 is 19.2 Å². The molecule has 2 aromatic rings. The highest BCUT2D eigenvalue weighted by Gasteiger charge is 2.27. The van der Waals surface area contributed by atoms with Crippen LogP contribution in [-0.4, -0.2) is 35.0 Å². The number of carboxylic acids is 1. The summed E-state index contributed by atoms with van der Waals surface area (Å²) in [5, 5.41) is 9.22. The lowest BCUT2D eigenvalue weighted by molar-refractivity contribution is 0.0687. The third-order valence-corrected chi connectivity index (χ3v) is 4.52. The van der Waals surface area contributed by atoms with E-state index in [2.05, 4.69) is 6.92 Å². The molecule has 0 atom stereocenters. The summed E-state index contributed by atoms with van der Waals surface area (Å²) in [4.78, 5) is 25.7. The number of rotatable bonds is 6. The smallest absolute Gasteiger partial charge is 0.339 e. The first-order chi connectivity index (χ1) is 12.5. The summed E-state index contributed by atoms with van der Waals surface area (Å²) in [6, 6.07) is 7.28. The van der Waals surface area contributed by atoms with Crippen LogP contribution in [0.15, 0.2) is 28.7 Å². The Hall–Kier alpha value is -2.76. The van der Waals surface area contributed by atoms with Crippen LogP contribution in [0.25, 0.3) is 0 Å². The first-order valence-corrected chi connectivity index (χ1v) is 8.93. The second-order valence-corrected chi connectivity index (χ2v) is 6.36. The van der Waals surface area contributed by atoms with Crippen LogP contribution in [0, 0.1) is 0 Å². The van der Waals surface area contributed by atoms with Gasteiger partial charge in [0.05, 0.1) is 6.61 Å². The molecule has 0 unspecified atom stereocenters. The van der Waals surface area contributed by atoms with E-state index in [0.717, 1.165) is 24.2 Å². The zero-order valence-electron chi connectivity index (χ0n) is 15.1. The molecule has 1 amide bonds. The maximum absolute atomic E-state index is 12.7. The molecule has 0 fully saturated rings. The highest BCUT2D eigenvalue weighted by atomic mass is 16.5. The lowest BCUT2D eigenvalue weighted by Gasteiger charge is -2.28. The van der Waals surface area contributed by atoms with Gasteiger partial charge in [0.25, 0.3) is 5.91 Å². The Balaban J connectivity index is 1.76. The number of hydrogen-bond acceptors (Lipinski definition) is 4. The second-order valence-electron chi connectivity index (χ2n) is 6.36. The van der Waals surface area contributed by atoms with Crippen molar-refractivity contribution < 1.29 is 23.8 Å². The Morgan fingerprint density at radius 1 is 1.23 bits per heavy atom. The first-order valence-electron chi connectivity index (χ1n) is 8.93. The lowest BCUT2D eigenvalue weighted by Crippen LogP contribution is -2.35. The minimum atomic E-state index is -1.08. The number of nitrogens with zero attached hydrogens (tertiary/aromatic N) is 1. The number of ether oxygens (including phenoxy) is 1. The van der Waals surface area contributed by atoms with Gasteiger partial charge in [-0.15, -0.1) is 0 Å². The highest BCUT2D eigenvalue weighted by Crippen LogP contribution is 2.26. The molecule has 138 valence electrons. The number of aromatic carboxylic acids is 1. The topological polar surface area (TPSA) is 80.0 Å². The third kappa shape index (κ3) is 3.59. The van der Waals surface area contributed by atoms with Gasteiger partial charge in [-0.1, -0.05) is 19.9 Å². The maximum Gasteiger partial charge on any atom is 0.339 e. The molecule has 0 saturated heterocycles. The van der Waals surface area contributed by atoms with E-state index < -0.39 is 5.97 Å². The molecule has 3 rings (SSSR count). The molecule has 0 saturated carbocycles. The van der Waals surface area contributed by atoms with Crippen molar-refractivity contribution in [3.63, 3.8) is 0 Å². The normalized spacial score (nSPS) is 13.4. The van der Waals surface area contributed by atoms with E-state index in [1.54, 1.807) is 11.8 Å². The van der Waals surface area contributed by atoms with E-state index in [4.69, 9.17) is 9.15 Å². The van der Waals surface area contributed by atoms with Gasteiger partial charge in [0.2, 0.25) is 0 Å². The van der Waals surface area contributed by atoms with Gasteiger partial charge in [0.15, 0.2) is 5.76 Å². The summed E-state index contributed by atoms with van der Waals surface area (Å²) in [6.07, 6.45) is 2.12. The average molecular weight is 357 g/mol. The van der Waals surface area contributed by atoms with Crippen molar-refractivity contribution in [1.82, 2.24) is 4.90 Å². The van der Waals surface area contributed by atoms with Gasteiger partial charge in [0.1, 0.15) is 17.1 Å². The quantitative estimate of drug-likeness (QED) is 0.855. The van der Waals surface area contributed by atoms with Gasteiger partial charge in [0, 0.05) is 25.6 Å². The Morgan fingerprint density at radius 2 is 2.04 bits per heavy atom. The average Bonchev–Trinajstić information content (AvgIpc) is 3.10. The molecule has 0 bridgehead atoms. The van der Waals surface area contributed by atoms with E-state index in [1.807, 2.05) is 18.2 Å². The number of fused-ring (bicyclic) bond motifs is 1. The monoisotopic (exact) mass is 357 g/mol. The maximum atomic E-state index is 12.7. The van der Waals surface area contributed by atoms with Crippen LogP contribution in [0.5, 0.6) is 5.75 Å². The Labute approximate surface area is 152 Å². The minimum absolute atomic E-state index is 0.0611. The molecule has 1 aromatic carbocycles. The van der Waals surface area contributed by atoms with Crippen LogP contribution in [0.1, 0.15) is 58.1 Å². The summed E-state index contributed by atoms with van der Waals surface area (Å²) in [6.45, 7) is 5.60. The van der Waals surface area contributed by atoms with E-state index in [0.29, 0.717) is 31.9 Å². The van der Waals surface area contributed by atoms with Crippen molar-refractivity contribution in [2.45, 2.75) is 39.7 Å². The van der Waals surface area contributed by atoms with Crippen molar-refractivity contribution in [2.24, 2.45) is 0 Å². The fourth-order valence-corrected chi connectivity index (χ4v) is 3.15. The number of carbonyl (C=O) groups excluding carboxylic acids is 1. The largest absolute Gasteiger partial charge is 0.494 e. The number of carbonyl (C=O) groups is 2. The van der Waals surface area contributed by atoms with E-state index in [-0.39, 0.29) is 17.2 Å². The summed E-state index contributed by atoms with van der Waals surface area (Å²) in [5.74, 6) is -0.0749. The van der Waals surface area contributed by atoms with Crippen molar-refractivity contribution >= 4 is 11.9 Å². The van der Waals surface area contributed by atoms with E-state index in [1.165, 1.54) is 11.6 Å². The van der Waals surface area contributed by atoms with Crippen LogP contribution < -0.4 is 4.74 Å². The summed E-state index contributed by atoms with van der Waals surface area (Å²) in [5.41, 5.74) is 2.32. The molecule has 1 aliphatic heterocycles. The number of furan rings is 1. The first kappa shape index (κ1) is 18.0. The van der Waals surface area contributed by atoms with Crippen LogP contribution in [0.2, 0.25) is 0 Å². The number of amides is 1. The van der Waals surface area contributed by atoms with Gasteiger partial charge in [-0.05, 0) is 36.1 Å². The van der Waals surface area contributed by atoms with Crippen molar-refractivity contribution in [1.29, 1.82) is 0 Å². The molecule has 1 N–H and O–H groups in total. The minimum Gasteiger partial charge on any atom is -0.494 e. The zero-order valence-corrected chi connectivity index (χ0v) is 15.1. The molecule has 6 heteroatoms. The molecule has 0 radical (unpaired) electrons. The third-order valence-electron chi connectivity index (χ3n) is 4.52. The fourth-order valence-electron chi connectivity index (χ4n) is 3.15. The summed E-state index contributed by atoms with van der Waals surface area (Å²) < 4.78 is 11.2. The Kier molecular flexibility index (Phi) is 5.30. The molecule has 0 spiro atoms. The standard InChI is InChI=1S/C20H23NO5/c1-3-9-25-15-6-5-14-12-21(8-7-13(14)10-15)19(22)18-11-16(20(23)24)17(4-2)26-18/h5-6,10-11H,3-4,7-9,12H2,1-2H3,(H,23,24). The van der Waals surface area contributed by atoms with E-state index in [9.17, 15) is 14.7 Å². The zero-order chi connectivity index (χ0) is 18.7. The fraction of sp³-hybridized carbons (Fsp3) is 0.400. The molecule has 1 aliphatic rings. The number of aryl methyl sites for hydroxylation is 1. The summed E-state index contributed by atoms with van der Waals surface area (Å²) >= 11 is 0. The van der Waals surface area contributed by atoms with Crippen LogP contribution in [0.4, 0.5) is 0 Å². The number of hydrogen-bond donors (Lipinski definition) is 1. The van der Waals surface area contributed by atoms with Gasteiger partial charge in [-0.3, -0.25) is 4.79 Å². The van der Waals surface area contributed by atoms with Crippen LogP contribution >= 0.6 is 0 Å². The lowest BCUT2D eigenvalue weighted by atomic mass is 9.99. The molecular weight excluding hydrogens is 334 g/mol. The highest BCUT2D eigenvalue weighted by molar-refractivity contribution is 5.96. The number of carboxylic acid groups (broad SMARTS) is 1. The SMILES string of the molecule is CCCOc1ccc2c(c1)CCN(C(=O)c1cc(C(=O)O)c(CC)o1)C2. The van der Waals surface area contributed by atoms with Crippen molar-refractivity contribution in [3.05, 3.63) is 52.5 Å².